The van der Waals surface area contributed by atoms with E-state index >= 15 is 0 Å². The average molecular weight is 473 g/mol. The molecular weight excluding hydrogens is 440 g/mol. The smallest absolute Gasteiger partial charge is 0.260 e. The van der Waals surface area contributed by atoms with Crippen molar-refractivity contribution in [2.24, 2.45) is 5.92 Å². The van der Waals surface area contributed by atoms with Crippen LogP contribution in [-0.2, 0) is 22.5 Å². The highest BCUT2D eigenvalue weighted by Crippen LogP contribution is 2.30. The molecule has 35 heavy (non-hydrogen) atoms. The molecule has 182 valence electrons. The second-order valence-electron chi connectivity index (χ2n) is 9.30. The number of rotatable bonds is 10. The van der Waals surface area contributed by atoms with Crippen molar-refractivity contribution in [3.05, 3.63) is 71.4 Å². The van der Waals surface area contributed by atoms with E-state index in [9.17, 15) is 4.79 Å². The second kappa shape index (κ2) is 11.1. The summed E-state index contributed by atoms with van der Waals surface area (Å²) in [5, 5.41) is 10.2. The van der Waals surface area contributed by atoms with Crippen molar-refractivity contribution in [3.8, 4) is 11.8 Å². The number of para-hydroxylation sites is 1. The van der Waals surface area contributed by atoms with Gasteiger partial charge in [-0.1, -0.05) is 54.3 Å². The van der Waals surface area contributed by atoms with E-state index in [4.69, 9.17) is 9.94 Å². The fourth-order valence-corrected chi connectivity index (χ4v) is 4.90. The molecule has 2 unspecified atom stereocenters. The van der Waals surface area contributed by atoms with E-state index in [1.165, 1.54) is 22.0 Å². The summed E-state index contributed by atoms with van der Waals surface area (Å²) in [6.45, 7) is 7.49. The van der Waals surface area contributed by atoms with Gasteiger partial charge >= 0.3 is 0 Å². The first-order chi connectivity index (χ1) is 17.2. The minimum Gasteiger partial charge on any atom is -0.379 e. The van der Waals surface area contributed by atoms with Gasteiger partial charge in [-0.05, 0) is 29.2 Å². The molecule has 0 spiro atoms. The molecule has 7 heteroatoms. The largest absolute Gasteiger partial charge is 0.379 e. The summed E-state index contributed by atoms with van der Waals surface area (Å²) in [5.74, 6) is 4.80. The first-order valence-corrected chi connectivity index (χ1v) is 12.3. The number of amides is 1. The number of aromatic amines is 1. The predicted octanol–water partition coefficient (Wildman–Crippen LogP) is 2.77. The van der Waals surface area contributed by atoms with Crippen LogP contribution < -0.4 is 5.48 Å². The van der Waals surface area contributed by atoms with Gasteiger partial charge in [0.2, 0.25) is 0 Å². The molecule has 1 amide bonds. The van der Waals surface area contributed by atoms with Gasteiger partial charge in [0.1, 0.15) is 5.92 Å². The number of nitrogens with zero attached hydrogens (tertiary/aromatic N) is 2. The zero-order valence-electron chi connectivity index (χ0n) is 19.9. The molecule has 3 aromatic rings. The number of carbonyl (C=O) groups excluding carboxylic acids is 1. The zero-order valence-corrected chi connectivity index (χ0v) is 19.9. The van der Waals surface area contributed by atoms with E-state index in [0.29, 0.717) is 0 Å². The van der Waals surface area contributed by atoms with Gasteiger partial charge in [0.05, 0.1) is 19.1 Å². The Morgan fingerprint density at radius 2 is 1.91 bits per heavy atom. The minimum atomic E-state index is -0.480. The summed E-state index contributed by atoms with van der Waals surface area (Å²) >= 11 is 0. The first-order valence-electron chi connectivity index (χ1n) is 12.3. The van der Waals surface area contributed by atoms with Crippen LogP contribution in [0.5, 0.6) is 0 Å². The number of ether oxygens (including phenoxy) is 1. The Morgan fingerprint density at radius 1 is 1.11 bits per heavy atom. The molecule has 1 fully saturated rings. The highest BCUT2D eigenvalue weighted by atomic mass is 16.5. The number of H-pyrrole nitrogens is 1. The van der Waals surface area contributed by atoms with Gasteiger partial charge in [-0.2, -0.15) is 0 Å². The maximum atomic E-state index is 11.8. The lowest BCUT2D eigenvalue weighted by molar-refractivity contribution is -0.132. The number of hydroxylamine groups is 1. The number of carbonyl (C=O) groups is 1. The predicted molar refractivity (Wildman–Crippen MR) is 135 cm³/mol. The van der Waals surface area contributed by atoms with Gasteiger partial charge < -0.3 is 9.72 Å². The molecule has 0 radical (unpaired) electrons. The molecule has 1 aliphatic carbocycles. The van der Waals surface area contributed by atoms with Gasteiger partial charge in [-0.15, -0.1) is 0 Å². The Balaban J connectivity index is 1.24. The topological polar surface area (TPSA) is 80.8 Å². The number of hydrogen-bond acceptors (Lipinski definition) is 5. The molecule has 2 aromatic carbocycles. The summed E-state index contributed by atoms with van der Waals surface area (Å²) < 4.78 is 5.51. The molecule has 3 N–H and O–H groups in total. The molecule has 0 bridgehead atoms. The molecule has 1 saturated heterocycles. The standard InChI is InChI=1S/C28H32N4O3/c33-28(30-34)26-10-9-24(26)22-7-5-21(6-8-22)20-32(14-13-31-15-17-35-18-16-31)12-11-23-19-29-27-4-2-1-3-25(23)27/h1-8,19,24,26,29,34H,11-18,20H2,(H,30,33). The van der Waals surface area contributed by atoms with Crippen LogP contribution in [-0.4, -0.2) is 71.8 Å². The van der Waals surface area contributed by atoms with Crippen molar-refractivity contribution in [2.45, 2.75) is 18.9 Å². The minimum absolute atomic E-state index is 0.157. The molecule has 1 aliphatic heterocycles. The Hall–Kier alpha value is -3.15. The third-order valence-electron chi connectivity index (χ3n) is 7.07. The molecule has 7 nitrogen and oxygen atoms in total. The van der Waals surface area contributed by atoms with Crippen molar-refractivity contribution in [2.75, 3.05) is 45.9 Å². The van der Waals surface area contributed by atoms with E-state index in [-0.39, 0.29) is 5.92 Å². The Kier molecular flexibility index (Phi) is 7.45. The molecule has 2 heterocycles. The second-order valence-corrected chi connectivity index (χ2v) is 9.30. The average Bonchev–Trinajstić information content (AvgIpc) is 3.29. The quantitative estimate of drug-likeness (QED) is 0.240. The van der Waals surface area contributed by atoms with Crippen LogP contribution in [0.4, 0.5) is 0 Å². The Bertz CT molecular complexity index is 1200. The summed E-state index contributed by atoms with van der Waals surface area (Å²) in [7, 11) is 0. The molecule has 2 atom stereocenters. The molecule has 0 saturated carbocycles. The summed E-state index contributed by atoms with van der Waals surface area (Å²) in [5.41, 5.74) is 6.51. The monoisotopic (exact) mass is 472 g/mol. The Morgan fingerprint density at radius 3 is 2.66 bits per heavy atom. The highest BCUT2D eigenvalue weighted by molar-refractivity contribution is 5.84. The number of benzene rings is 2. The van der Waals surface area contributed by atoms with Crippen LogP contribution in [0.15, 0.2) is 54.7 Å². The van der Waals surface area contributed by atoms with Crippen LogP contribution in [0.25, 0.3) is 10.9 Å². The van der Waals surface area contributed by atoms with Crippen LogP contribution in [0.2, 0.25) is 0 Å². The zero-order chi connectivity index (χ0) is 24.0. The number of nitrogens with one attached hydrogen (secondary N) is 2. The lowest BCUT2D eigenvalue weighted by atomic mass is 9.79. The lowest BCUT2D eigenvalue weighted by Gasteiger charge is -2.30. The van der Waals surface area contributed by atoms with E-state index in [2.05, 4.69) is 81.4 Å². The van der Waals surface area contributed by atoms with E-state index < -0.39 is 11.8 Å². The molecular formula is C28H32N4O3. The van der Waals surface area contributed by atoms with Gasteiger partial charge in [-0.25, -0.2) is 5.48 Å². The van der Waals surface area contributed by atoms with E-state index in [1.54, 1.807) is 5.48 Å². The van der Waals surface area contributed by atoms with Crippen LogP contribution in [0.3, 0.4) is 0 Å². The van der Waals surface area contributed by atoms with Gasteiger partial charge in [0.25, 0.3) is 5.91 Å². The fraction of sp³-hybridized carbons (Fsp3) is 0.393. The van der Waals surface area contributed by atoms with Crippen molar-refractivity contribution >= 4 is 16.8 Å². The van der Waals surface area contributed by atoms with Gasteiger partial charge in [-0.3, -0.25) is 19.8 Å². The van der Waals surface area contributed by atoms with Crippen molar-refractivity contribution in [1.82, 2.24) is 20.3 Å². The third-order valence-corrected chi connectivity index (χ3v) is 7.07. The number of morpholine rings is 1. The normalized spacial score (nSPS) is 19.8. The van der Waals surface area contributed by atoms with Crippen molar-refractivity contribution < 1.29 is 14.7 Å². The summed E-state index contributed by atoms with van der Waals surface area (Å²) in [4.78, 5) is 20.2. The van der Waals surface area contributed by atoms with Crippen molar-refractivity contribution in [1.29, 1.82) is 0 Å². The number of aromatic nitrogens is 1. The SMILES string of the molecule is O=C(NO)C1C#CC1c1ccc(CN(CCc2c[nH]c3ccccc23)CCN2CCOCC2)cc1. The first kappa shape index (κ1) is 23.6. The van der Waals surface area contributed by atoms with Crippen molar-refractivity contribution in [3.63, 3.8) is 0 Å². The molecule has 1 aromatic heterocycles. The van der Waals surface area contributed by atoms with E-state index in [1.807, 2.05) is 0 Å². The summed E-state index contributed by atoms with van der Waals surface area (Å²) in [6.07, 6.45) is 3.12. The fourth-order valence-electron chi connectivity index (χ4n) is 4.90. The van der Waals surface area contributed by atoms with Gasteiger partial charge in [0.15, 0.2) is 0 Å². The maximum absolute atomic E-state index is 11.8. The van der Waals surface area contributed by atoms with Crippen LogP contribution >= 0.6 is 0 Å². The highest BCUT2D eigenvalue weighted by Gasteiger charge is 2.32. The van der Waals surface area contributed by atoms with Crippen LogP contribution in [0.1, 0.15) is 22.6 Å². The molecule has 5 rings (SSSR count). The molecule has 2 aliphatic rings. The van der Waals surface area contributed by atoms with E-state index in [0.717, 1.165) is 64.5 Å². The summed E-state index contributed by atoms with van der Waals surface area (Å²) in [6, 6.07) is 16.9. The third kappa shape index (κ3) is 5.58. The number of hydrogen-bond donors (Lipinski definition) is 3. The Labute approximate surface area is 206 Å². The number of fused-ring (bicyclic) bond motifs is 1. The van der Waals surface area contributed by atoms with Crippen LogP contribution in [0, 0.1) is 17.8 Å². The maximum Gasteiger partial charge on any atom is 0.260 e. The lowest BCUT2D eigenvalue weighted by Crippen LogP contribution is -2.41. The van der Waals surface area contributed by atoms with Gasteiger partial charge in [0, 0.05) is 56.4 Å².